The molecule has 4 aliphatic carbocycles. The lowest BCUT2D eigenvalue weighted by atomic mass is 9.44. The van der Waals surface area contributed by atoms with E-state index in [0.29, 0.717) is 43.6 Å². The minimum absolute atomic E-state index is 0.00295. The van der Waals surface area contributed by atoms with Crippen LogP contribution in [0.15, 0.2) is 0 Å². The van der Waals surface area contributed by atoms with Gasteiger partial charge in [-0.2, -0.15) is 0 Å². The van der Waals surface area contributed by atoms with Crippen molar-refractivity contribution in [3.05, 3.63) is 0 Å². The molecule has 4 saturated heterocycles. The maximum absolute atomic E-state index is 12.1. The molecule has 8 rings (SSSR count). The molecule has 0 aromatic carbocycles. The summed E-state index contributed by atoms with van der Waals surface area (Å²) >= 11 is 0. The molecule has 4 heterocycles. The Morgan fingerprint density at radius 3 is 2.02 bits per heavy atom. The van der Waals surface area contributed by atoms with Crippen LogP contribution in [0.1, 0.15) is 79.1 Å². The van der Waals surface area contributed by atoms with Crippen LogP contribution in [0.25, 0.3) is 0 Å². The van der Waals surface area contributed by atoms with Gasteiger partial charge in [0.2, 0.25) is 0 Å². The highest BCUT2D eigenvalue weighted by molar-refractivity contribution is 5.19. The van der Waals surface area contributed by atoms with Crippen LogP contribution >= 0.6 is 0 Å². The van der Waals surface area contributed by atoms with Crippen LogP contribution in [-0.2, 0) is 28.4 Å². The number of fused-ring (bicyclic) bond motifs is 7. The van der Waals surface area contributed by atoms with Crippen molar-refractivity contribution in [1.82, 2.24) is 0 Å². The number of aliphatic hydroxyl groups is 9. The van der Waals surface area contributed by atoms with Crippen molar-refractivity contribution in [1.29, 1.82) is 0 Å². The molecule has 4 saturated carbocycles. The fourth-order valence-electron chi connectivity index (χ4n) is 13.4. The van der Waals surface area contributed by atoms with E-state index in [-0.39, 0.29) is 46.7 Å². The second-order valence-corrected chi connectivity index (χ2v) is 18.9. The Morgan fingerprint density at radius 1 is 0.667 bits per heavy atom. The van der Waals surface area contributed by atoms with Gasteiger partial charge in [0.05, 0.1) is 38.1 Å². The van der Waals surface area contributed by atoms with Crippen molar-refractivity contribution >= 4 is 0 Å². The highest BCUT2D eigenvalue weighted by Gasteiger charge is 2.73. The second kappa shape index (κ2) is 14.6. The predicted molar refractivity (Wildman–Crippen MR) is 186 cm³/mol. The summed E-state index contributed by atoms with van der Waals surface area (Å²) in [5.41, 5.74) is -0.149. The molecule has 0 radical (unpaired) electrons. The van der Waals surface area contributed by atoms with Crippen molar-refractivity contribution in [2.45, 2.75) is 171 Å². The van der Waals surface area contributed by atoms with Crippen LogP contribution in [0.2, 0.25) is 0 Å². The smallest absolute Gasteiger partial charge is 0.197 e. The zero-order valence-electron chi connectivity index (χ0n) is 31.9. The van der Waals surface area contributed by atoms with Gasteiger partial charge in [-0.3, -0.25) is 0 Å². The van der Waals surface area contributed by atoms with E-state index in [1.807, 2.05) is 0 Å². The van der Waals surface area contributed by atoms with Crippen molar-refractivity contribution in [2.75, 3.05) is 19.8 Å². The van der Waals surface area contributed by atoms with Crippen molar-refractivity contribution in [3.8, 4) is 0 Å². The van der Waals surface area contributed by atoms with Gasteiger partial charge in [-0.05, 0) is 91.8 Å². The van der Waals surface area contributed by atoms with E-state index < -0.39 is 92.6 Å². The fraction of sp³-hybridized carbons (Fsp3) is 1.00. The third kappa shape index (κ3) is 6.01. The molecule has 8 aliphatic rings. The van der Waals surface area contributed by atoms with Gasteiger partial charge < -0.3 is 74.4 Å². The average Bonchev–Trinajstić information content (AvgIpc) is 3.57. The molecule has 1 spiro atoms. The third-order valence-electron chi connectivity index (χ3n) is 16.2. The van der Waals surface area contributed by atoms with Gasteiger partial charge in [0, 0.05) is 11.8 Å². The molecule has 54 heavy (non-hydrogen) atoms. The first-order valence-electron chi connectivity index (χ1n) is 20.5. The summed E-state index contributed by atoms with van der Waals surface area (Å²) in [6, 6.07) is 0. The van der Waals surface area contributed by atoms with Crippen molar-refractivity contribution in [3.63, 3.8) is 0 Å². The van der Waals surface area contributed by atoms with E-state index in [1.165, 1.54) is 0 Å². The Morgan fingerprint density at radius 2 is 1.33 bits per heavy atom. The van der Waals surface area contributed by atoms with Gasteiger partial charge in [-0.15, -0.1) is 0 Å². The third-order valence-corrected chi connectivity index (χ3v) is 16.2. The summed E-state index contributed by atoms with van der Waals surface area (Å²) in [6.07, 6.45) is -10.2. The van der Waals surface area contributed by atoms with Crippen LogP contribution < -0.4 is 0 Å². The zero-order valence-corrected chi connectivity index (χ0v) is 31.9. The molecule has 15 heteroatoms. The molecule has 0 aromatic rings. The predicted octanol–water partition coefficient (Wildman–Crippen LogP) is -0.616. The van der Waals surface area contributed by atoms with Gasteiger partial charge in [-0.1, -0.05) is 27.7 Å². The lowest BCUT2D eigenvalue weighted by molar-refractivity contribution is -0.373. The van der Waals surface area contributed by atoms with Crippen LogP contribution in [0.4, 0.5) is 0 Å². The summed E-state index contributed by atoms with van der Waals surface area (Å²) in [5, 5.41) is 96.1. The highest BCUT2D eigenvalue weighted by atomic mass is 16.8. The monoisotopic (exact) mass is 772 g/mol. The van der Waals surface area contributed by atoms with Gasteiger partial charge in [0.25, 0.3) is 0 Å². The van der Waals surface area contributed by atoms with Gasteiger partial charge in [-0.25, -0.2) is 0 Å². The van der Waals surface area contributed by atoms with Crippen LogP contribution in [0.5, 0.6) is 0 Å². The Kier molecular flexibility index (Phi) is 10.9. The van der Waals surface area contributed by atoms with Crippen LogP contribution in [-0.4, -0.2) is 157 Å². The average molecular weight is 773 g/mol. The molecule has 9 N–H and O–H groups in total. The number of aliphatic hydroxyl groups excluding tert-OH is 9. The first-order chi connectivity index (χ1) is 25.6. The molecular formula is C39H64O15. The summed E-state index contributed by atoms with van der Waals surface area (Å²) in [7, 11) is 0. The van der Waals surface area contributed by atoms with E-state index in [1.54, 1.807) is 0 Å². The Labute approximate surface area is 316 Å². The first kappa shape index (κ1) is 40.2. The van der Waals surface area contributed by atoms with E-state index >= 15 is 0 Å². The SMILES string of the molecule is C[C@H]1CO[C@@]2(O[C@@H]3[C@H](O)[C@@H]4[C@@H]5CC[C@@H]6C[C@H](O[C@@H]7O[C@H](CO)[C@@H](O)[C@H](O)[C@H]7O[C@@H]7O[C@H](CO)[C@H](O)[C@H](O)[C@H]7O)CC[C@@]6(C)[C@H]5CC[C@@]4(C)[C@@H]3[C@@H]2C)[C@@H](O)C1. The quantitative estimate of drug-likeness (QED) is 0.153. The zero-order chi connectivity index (χ0) is 38.6. The van der Waals surface area contributed by atoms with Gasteiger partial charge in [0.1, 0.15) is 54.9 Å². The fourth-order valence-corrected chi connectivity index (χ4v) is 13.4. The maximum Gasteiger partial charge on any atom is 0.197 e. The molecule has 15 nitrogen and oxygen atoms in total. The summed E-state index contributed by atoms with van der Waals surface area (Å²) in [5.74, 6) is 0.330. The summed E-state index contributed by atoms with van der Waals surface area (Å²) < 4.78 is 36.9. The molecule has 310 valence electrons. The topological polar surface area (TPSA) is 237 Å². The van der Waals surface area contributed by atoms with E-state index in [0.717, 1.165) is 32.1 Å². The molecule has 0 bridgehead atoms. The minimum atomic E-state index is -1.74. The molecular weight excluding hydrogens is 708 g/mol. The van der Waals surface area contributed by atoms with E-state index in [4.69, 9.17) is 28.4 Å². The first-order valence-corrected chi connectivity index (χ1v) is 20.5. The normalized spacial score (nSPS) is 60.1. The number of rotatable bonds is 6. The van der Waals surface area contributed by atoms with Crippen LogP contribution in [0, 0.1) is 52.3 Å². The Balaban J connectivity index is 0.959. The van der Waals surface area contributed by atoms with Crippen molar-refractivity contribution in [2.24, 2.45) is 52.3 Å². The lowest BCUT2D eigenvalue weighted by Crippen LogP contribution is -2.65. The minimum Gasteiger partial charge on any atom is -0.394 e. The van der Waals surface area contributed by atoms with E-state index in [2.05, 4.69) is 27.7 Å². The van der Waals surface area contributed by atoms with Crippen LogP contribution in [0.3, 0.4) is 0 Å². The standard InChI is InChI=1S/C39H64O15/c1-16-11-24(42)39(49-15-16)17(2)25-33(54-39)29(45)26-20-6-5-18-12-19(7-9-37(18,3)21(20)8-10-38(25,26)4)50-36-34(31(47)28(44)23(14-41)52-36)53-35-32(48)30(46)27(43)22(13-40)51-35/h16-36,40-48H,5-15H2,1-4H3/t16-,17+,18-,19-,20-,21+,22-,23-,24+,25-,26+,27+,28-,29-,30+,31+,32-,33+,34-,35+,36-,37-,38+,39+/m1/s1. The maximum atomic E-state index is 12.1. The molecule has 0 unspecified atom stereocenters. The lowest BCUT2D eigenvalue weighted by Gasteiger charge is -2.61. The molecule has 24 atom stereocenters. The highest BCUT2D eigenvalue weighted by Crippen LogP contribution is 2.71. The number of hydrogen-bond acceptors (Lipinski definition) is 15. The molecule has 4 aliphatic heterocycles. The largest absolute Gasteiger partial charge is 0.394 e. The Bertz CT molecular complexity index is 1340. The summed E-state index contributed by atoms with van der Waals surface area (Å²) in [6.45, 7) is 8.23. The Hall–Kier alpha value is -0.600. The van der Waals surface area contributed by atoms with Gasteiger partial charge in [0.15, 0.2) is 18.4 Å². The molecule has 0 aromatic heterocycles. The second-order valence-electron chi connectivity index (χ2n) is 18.9. The summed E-state index contributed by atoms with van der Waals surface area (Å²) in [4.78, 5) is 0. The molecule has 8 fully saturated rings. The number of ether oxygens (including phenoxy) is 6. The van der Waals surface area contributed by atoms with Crippen molar-refractivity contribution < 1.29 is 74.4 Å². The van der Waals surface area contributed by atoms with Gasteiger partial charge >= 0.3 is 0 Å². The molecule has 0 amide bonds. The number of hydrogen-bond donors (Lipinski definition) is 9. The van der Waals surface area contributed by atoms with E-state index in [9.17, 15) is 46.0 Å².